The molecule has 0 aromatic heterocycles. The lowest BCUT2D eigenvalue weighted by Crippen LogP contribution is -2.44. The van der Waals surface area contributed by atoms with Crippen LogP contribution in [0, 0.1) is 11.8 Å². The normalized spacial score (nSPS) is 37.9. The first-order valence-electron chi connectivity index (χ1n) is 6.32. The van der Waals surface area contributed by atoms with E-state index in [1.54, 1.807) is 25.7 Å². The Morgan fingerprint density at radius 3 is 2.00 bits per heavy atom. The van der Waals surface area contributed by atoms with Gasteiger partial charge < -0.3 is 0 Å². The first kappa shape index (κ1) is 10.7. The first-order chi connectivity index (χ1) is 6.32. The van der Waals surface area contributed by atoms with Gasteiger partial charge in [0.15, 0.2) is 0 Å². The van der Waals surface area contributed by atoms with E-state index in [0.717, 1.165) is 17.4 Å². The molecular weight excluding hydrogens is 184 g/mol. The van der Waals surface area contributed by atoms with Crippen molar-refractivity contribution >= 4 is 8.07 Å². The standard InChI is InChI=1S/C13H26Si/c1-13(2,3)14(4,5)12-9-10-6-7-11(12)8-10/h10-12H,6-9H2,1-5H3. The van der Waals surface area contributed by atoms with Crippen LogP contribution in [-0.4, -0.2) is 8.07 Å². The van der Waals surface area contributed by atoms with Crippen LogP contribution in [0.25, 0.3) is 0 Å². The SMILES string of the molecule is CC(C)(C)[Si](C)(C)C1CC2CCC1C2. The number of hydrogen-bond acceptors (Lipinski definition) is 0. The number of rotatable bonds is 1. The molecule has 3 atom stereocenters. The molecule has 0 N–H and O–H groups in total. The van der Waals surface area contributed by atoms with Gasteiger partial charge >= 0.3 is 0 Å². The quantitative estimate of drug-likeness (QED) is 0.551. The summed E-state index contributed by atoms with van der Waals surface area (Å²) < 4.78 is 0. The fourth-order valence-corrected chi connectivity index (χ4v) is 7.20. The van der Waals surface area contributed by atoms with Crippen LogP contribution in [-0.2, 0) is 0 Å². The predicted molar refractivity (Wildman–Crippen MR) is 66.4 cm³/mol. The second kappa shape index (κ2) is 3.10. The molecule has 82 valence electrons. The lowest BCUT2D eigenvalue weighted by molar-refractivity contribution is 0.457. The van der Waals surface area contributed by atoms with Crippen molar-refractivity contribution in [2.24, 2.45) is 11.8 Å². The molecule has 0 saturated heterocycles. The molecular formula is C13H26Si. The number of fused-ring (bicyclic) bond motifs is 2. The summed E-state index contributed by atoms with van der Waals surface area (Å²) >= 11 is 0. The second-order valence-corrected chi connectivity index (χ2v) is 12.9. The van der Waals surface area contributed by atoms with Gasteiger partial charge in [-0.2, -0.15) is 0 Å². The fourth-order valence-electron chi connectivity index (χ4n) is 3.68. The van der Waals surface area contributed by atoms with Crippen molar-refractivity contribution in [2.45, 2.75) is 70.1 Å². The molecule has 0 nitrogen and oxygen atoms in total. The topological polar surface area (TPSA) is 0 Å². The lowest BCUT2D eigenvalue weighted by atomic mass is 10.0. The van der Waals surface area contributed by atoms with Gasteiger partial charge in [-0.15, -0.1) is 0 Å². The Kier molecular flexibility index (Phi) is 2.38. The monoisotopic (exact) mass is 210 g/mol. The molecule has 0 spiro atoms. The molecule has 0 aromatic carbocycles. The van der Waals surface area contributed by atoms with E-state index in [-0.39, 0.29) is 0 Å². The molecule has 0 aliphatic heterocycles. The molecule has 0 amide bonds. The summed E-state index contributed by atoms with van der Waals surface area (Å²) in [5, 5.41) is 0.599. The molecule has 14 heavy (non-hydrogen) atoms. The van der Waals surface area contributed by atoms with Crippen LogP contribution in [0.3, 0.4) is 0 Å². The Bertz CT molecular complexity index is 224. The van der Waals surface area contributed by atoms with Gasteiger partial charge in [0, 0.05) is 0 Å². The third-order valence-electron chi connectivity index (χ3n) is 5.60. The van der Waals surface area contributed by atoms with Crippen molar-refractivity contribution in [1.29, 1.82) is 0 Å². The molecule has 2 aliphatic carbocycles. The van der Waals surface area contributed by atoms with E-state index in [0.29, 0.717) is 5.04 Å². The zero-order valence-corrected chi connectivity index (χ0v) is 11.6. The molecule has 2 saturated carbocycles. The van der Waals surface area contributed by atoms with Crippen molar-refractivity contribution in [1.82, 2.24) is 0 Å². The Labute approximate surface area is 90.5 Å². The van der Waals surface area contributed by atoms with E-state index in [4.69, 9.17) is 0 Å². The maximum atomic E-state index is 2.64. The summed E-state index contributed by atoms with van der Waals surface area (Å²) in [6.07, 6.45) is 6.27. The molecule has 2 rings (SSSR count). The maximum Gasteiger partial charge on any atom is 0.0561 e. The van der Waals surface area contributed by atoms with Crippen LogP contribution in [0.4, 0.5) is 0 Å². The summed E-state index contributed by atoms with van der Waals surface area (Å²) in [7, 11) is -1.03. The van der Waals surface area contributed by atoms with Crippen LogP contribution in [0.5, 0.6) is 0 Å². The largest absolute Gasteiger partial charge is 0.0688 e. The van der Waals surface area contributed by atoms with Crippen molar-refractivity contribution < 1.29 is 0 Å². The van der Waals surface area contributed by atoms with Gasteiger partial charge in [-0.1, -0.05) is 46.7 Å². The summed E-state index contributed by atoms with van der Waals surface area (Å²) in [6, 6.07) is 0. The minimum Gasteiger partial charge on any atom is -0.0688 e. The average molecular weight is 210 g/mol. The van der Waals surface area contributed by atoms with E-state index in [1.807, 2.05) is 0 Å². The van der Waals surface area contributed by atoms with Gasteiger partial charge in [-0.25, -0.2) is 0 Å². The summed E-state index contributed by atoms with van der Waals surface area (Å²) in [5.74, 6) is 2.25. The minimum atomic E-state index is -1.03. The van der Waals surface area contributed by atoms with Gasteiger partial charge in [-0.05, 0) is 35.3 Å². The highest BCUT2D eigenvalue weighted by Crippen LogP contribution is 2.59. The molecule has 0 radical (unpaired) electrons. The van der Waals surface area contributed by atoms with Crippen LogP contribution in [0.15, 0.2) is 0 Å². The van der Waals surface area contributed by atoms with E-state index in [2.05, 4.69) is 33.9 Å². The Morgan fingerprint density at radius 1 is 1.00 bits per heavy atom. The predicted octanol–water partition coefficient (Wildman–Crippen LogP) is 4.69. The third-order valence-corrected chi connectivity index (χ3v) is 12.0. The van der Waals surface area contributed by atoms with Crippen molar-refractivity contribution in [2.75, 3.05) is 0 Å². The van der Waals surface area contributed by atoms with Gasteiger partial charge in [-0.3, -0.25) is 0 Å². The van der Waals surface area contributed by atoms with Crippen LogP contribution < -0.4 is 0 Å². The number of hydrogen-bond donors (Lipinski definition) is 0. The molecule has 2 fully saturated rings. The van der Waals surface area contributed by atoms with Crippen LogP contribution in [0.2, 0.25) is 23.7 Å². The second-order valence-electron chi connectivity index (χ2n) is 7.25. The first-order valence-corrected chi connectivity index (χ1v) is 9.40. The Balaban J connectivity index is 2.16. The van der Waals surface area contributed by atoms with E-state index >= 15 is 0 Å². The van der Waals surface area contributed by atoms with Crippen LogP contribution in [0.1, 0.15) is 46.5 Å². The van der Waals surface area contributed by atoms with Crippen LogP contribution >= 0.6 is 0 Å². The summed E-state index contributed by atoms with van der Waals surface area (Å²) in [6.45, 7) is 12.7. The summed E-state index contributed by atoms with van der Waals surface area (Å²) in [4.78, 5) is 0. The zero-order chi connectivity index (χ0) is 10.6. The maximum absolute atomic E-state index is 2.64. The minimum absolute atomic E-state index is 0.599. The highest BCUT2D eigenvalue weighted by molar-refractivity contribution is 6.81. The summed E-state index contributed by atoms with van der Waals surface area (Å²) in [5.41, 5.74) is 1.14. The Morgan fingerprint density at radius 2 is 1.64 bits per heavy atom. The van der Waals surface area contributed by atoms with Gasteiger partial charge in [0.25, 0.3) is 0 Å². The average Bonchev–Trinajstić information content (AvgIpc) is 2.61. The van der Waals surface area contributed by atoms with E-state index in [9.17, 15) is 0 Å². The zero-order valence-electron chi connectivity index (χ0n) is 10.6. The lowest BCUT2D eigenvalue weighted by Gasteiger charge is -2.45. The molecule has 2 aliphatic rings. The van der Waals surface area contributed by atoms with Crippen molar-refractivity contribution in [3.05, 3.63) is 0 Å². The smallest absolute Gasteiger partial charge is 0.0561 e. The highest BCUT2D eigenvalue weighted by Gasteiger charge is 2.51. The fraction of sp³-hybridized carbons (Fsp3) is 1.00. The third kappa shape index (κ3) is 1.48. The molecule has 1 heteroatoms. The van der Waals surface area contributed by atoms with Crippen molar-refractivity contribution in [3.8, 4) is 0 Å². The van der Waals surface area contributed by atoms with E-state index in [1.165, 1.54) is 0 Å². The Hall–Kier alpha value is 0.217. The van der Waals surface area contributed by atoms with Gasteiger partial charge in [0.2, 0.25) is 0 Å². The molecule has 3 unspecified atom stereocenters. The highest BCUT2D eigenvalue weighted by atomic mass is 28.3. The molecule has 0 aromatic rings. The van der Waals surface area contributed by atoms with Crippen molar-refractivity contribution in [3.63, 3.8) is 0 Å². The molecule has 0 heterocycles. The van der Waals surface area contributed by atoms with Gasteiger partial charge in [0.05, 0.1) is 8.07 Å². The van der Waals surface area contributed by atoms with E-state index < -0.39 is 8.07 Å². The van der Waals surface area contributed by atoms with Gasteiger partial charge in [0.1, 0.15) is 0 Å². The molecule has 2 bridgehead atoms.